The number of Topliss-reactive ketones (excluding diaryl/α,β-unsaturated/α-hetero) is 1. The molecule has 3 atom stereocenters. The quantitative estimate of drug-likeness (QED) is 0.870. The molecule has 0 radical (unpaired) electrons. The summed E-state index contributed by atoms with van der Waals surface area (Å²) in [5.74, 6) is -0.899. The Hall–Kier alpha value is -2.15. The summed E-state index contributed by atoms with van der Waals surface area (Å²) in [6.45, 7) is 0. The van der Waals surface area contributed by atoms with Gasteiger partial charge in [0.05, 0.1) is 18.4 Å². The van der Waals surface area contributed by atoms with Crippen molar-refractivity contribution in [2.75, 3.05) is 0 Å². The number of nitriles is 1. The predicted molar refractivity (Wildman–Crippen MR) is 77.5 cm³/mol. The minimum atomic E-state index is -0.755. The number of benzene rings is 1. The van der Waals surface area contributed by atoms with E-state index in [0.717, 1.165) is 12.0 Å². The third-order valence-corrected chi connectivity index (χ3v) is 4.31. The monoisotopic (exact) mass is 285 g/mol. The molecule has 1 saturated carbocycles. The smallest absolute Gasteiger partial charge is 0.307 e. The molecule has 1 aromatic rings. The highest BCUT2D eigenvalue weighted by Gasteiger charge is 2.39. The van der Waals surface area contributed by atoms with Gasteiger partial charge < -0.3 is 5.11 Å². The maximum atomic E-state index is 11.5. The fraction of sp³-hybridized carbons (Fsp3) is 0.471. The van der Waals surface area contributed by atoms with Crippen LogP contribution in [0.5, 0.6) is 0 Å². The Morgan fingerprint density at radius 2 is 1.95 bits per heavy atom. The summed E-state index contributed by atoms with van der Waals surface area (Å²) >= 11 is 0. The molecular formula is C17H19NO3. The Labute approximate surface area is 124 Å². The van der Waals surface area contributed by atoms with Crippen LogP contribution >= 0.6 is 0 Å². The van der Waals surface area contributed by atoms with Crippen molar-refractivity contribution in [1.82, 2.24) is 0 Å². The molecule has 1 aliphatic carbocycles. The van der Waals surface area contributed by atoms with E-state index in [-0.39, 0.29) is 30.0 Å². The lowest BCUT2D eigenvalue weighted by atomic mass is 9.89. The van der Waals surface area contributed by atoms with Crippen LogP contribution in [0.25, 0.3) is 0 Å². The maximum absolute atomic E-state index is 11.5. The van der Waals surface area contributed by atoms with Crippen molar-refractivity contribution >= 4 is 11.8 Å². The van der Waals surface area contributed by atoms with Crippen molar-refractivity contribution in [3.63, 3.8) is 0 Å². The normalized spacial score (nSPS) is 24.4. The first-order valence-corrected chi connectivity index (χ1v) is 7.28. The highest BCUT2D eigenvalue weighted by Crippen LogP contribution is 2.44. The molecule has 0 saturated heterocycles. The number of hydrogen-bond acceptors (Lipinski definition) is 3. The van der Waals surface area contributed by atoms with Crippen molar-refractivity contribution in [3.8, 4) is 6.07 Å². The zero-order valence-electron chi connectivity index (χ0n) is 11.9. The Balaban J connectivity index is 2.01. The Kier molecular flexibility index (Phi) is 5.10. The summed E-state index contributed by atoms with van der Waals surface area (Å²) in [6.07, 6.45) is 2.45. The van der Waals surface area contributed by atoms with Gasteiger partial charge in [-0.1, -0.05) is 30.3 Å². The SMILES string of the molecule is N#CCC(=O)CCC1C[C@@H](C(=O)O)[C@H](c2ccccc2)C1. The number of ketones is 1. The minimum absolute atomic E-state index is 0.0276. The van der Waals surface area contributed by atoms with Crippen LogP contribution in [0.2, 0.25) is 0 Å². The molecule has 0 aliphatic heterocycles. The van der Waals surface area contributed by atoms with Crippen LogP contribution in [0.15, 0.2) is 30.3 Å². The molecule has 1 aliphatic rings. The standard InChI is InChI=1S/C17H19NO3/c18-9-8-14(19)7-6-12-10-15(16(11-12)17(20)21)13-4-2-1-3-5-13/h1-5,12,15-16H,6-8,10-11H2,(H,20,21)/t12?,15-,16+/m0/s1. The largest absolute Gasteiger partial charge is 0.481 e. The van der Waals surface area contributed by atoms with Gasteiger partial charge in [0.15, 0.2) is 0 Å². The number of rotatable bonds is 6. The van der Waals surface area contributed by atoms with Gasteiger partial charge in [-0.2, -0.15) is 5.26 Å². The molecule has 0 aromatic heterocycles. The second kappa shape index (κ2) is 7.03. The molecule has 4 nitrogen and oxygen atoms in total. The molecule has 110 valence electrons. The second-order valence-corrected chi connectivity index (χ2v) is 5.71. The van der Waals surface area contributed by atoms with E-state index in [4.69, 9.17) is 5.26 Å². The van der Waals surface area contributed by atoms with Crippen molar-refractivity contribution < 1.29 is 14.7 Å². The van der Waals surface area contributed by atoms with Gasteiger partial charge in [-0.25, -0.2) is 0 Å². The van der Waals surface area contributed by atoms with Crippen molar-refractivity contribution in [3.05, 3.63) is 35.9 Å². The third-order valence-electron chi connectivity index (χ3n) is 4.31. The molecular weight excluding hydrogens is 266 g/mol. The van der Waals surface area contributed by atoms with Crippen LogP contribution in [0.3, 0.4) is 0 Å². The number of carboxylic acids is 1. The highest BCUT2D eigenvalue weighted by molar-refractivity contribution is 5.80. The first-order valence-electron chi connectivity index (χ1n) is 7.28. The molecule has 0 spiro atoms. The lowest BCUT2D eigenvalue weighted by Crippen LogP contribution is -2.16. The van der Waals surface area contributed by atoms with Gasteiger partial charge in [-0.3, -0.25) is 9.59 Å². The van der Waals surface area contributed by atoms with Crippen molar-refractivity contribution in [2.45, 2.75) is 38.0 Å². The number of aliphatic carboxylic acids is 1. The topological polar surface area (TPSA) is 78.2 Å². The van der Waals surface area contributed by atoms with Gasteiger partial charge in [-0.15, -0.1) is 0 Å². The first kappa shape index (κ1) is 15.2. The molecule has 4 heteroatoms. The lowest BCUT2D eigenvalue weighted by Gasteiger charge is -2.15. The summed E-state index contributed by atoms with van der Waals surface area (Å²) in [5.41, 5.74) is 1.07. The Bertz CT molecular complexity index is 547. The number of nitrogens with zero attached hydrogens (tertiary/aromatic N) is 1. The number of carbonyl (C=O) groups is 2. The summed E-state index contributed by atoms with van der Waals surface area (Å²) in [4.78, 5) is 22.9. The van der Waals surface area contributed by atoms with Gasteiger partial charge in [0.2, 0.25) is 0 Å². The van der Waals surface area contributed by atoms with Crippen molar-refractivity contribution in [2.24, 2.45) is 11.8 Å². The summed E-state index contributed by atoms with van der Waals surface area (Å²) < 4.78 is 0. The van der Waals surface area contributed by atoms with E-state index in [0.29, 0.717) is 19.3 Å². The summed E-state index contributed by atoms with van der Waals surface area (Å²) in [5, 5.41) is 17.9. The predicted octanol–water partition coefficient (Wildman–Crippen LogP) is 3.14. The zero-order chi connectivity index (χ0) is 15.2. The summed E-state index contributed by atoms with van der Waals surface area (Å²) in [7, 11) is 0. The molecule has 1 unspecified atom stereocenters. The third kappa shape index (κ3) is 3.91. The van der Waals surface area contributed by atoms with Gasteiger partial charge in [0.25, 0.3) is 0 Å². The van der Waals surface area contributed by atoms with Crippen LogP contribution in [-0.2, 0) is 9.59 Å². The highest BCUT2D eigenvalue weighted by atomic mass is 16.4. The van der Waals surface area contributed by atoms with E-state index in [1.54, 1.807) is 0 Å². The van der Waals surface area contributed by atoms with E-state index >= 15 is 0 Å². The molecule has 21 heavy (non-hydrogen) atoms. The van der Waals surface area contributed by atoms with Gasteiger partial charge in [-0.05, 0) is 36.7 Å². The van der Waals surface area contributed by atoms with Crippen LogP contribution in [0.1, 0.15) is 43.6 Å². The zero-order valence-corrected chi connectivity index (χ0v) is 11.9. The fourth-order valence-corrected chi connectivity index (χ4v) is 3.26. The minimum Gasteiger partial charge on any atom is -0.481 e. The van der Waals surface area contributed by atoms with Crippen LogP contribution in [-0.4, -0.2) is 16.9 Å². The first-order chi connectivity index (χ1) is 10.1. The van der Waals surface area contributed by atoms with E-state index in [1.165, 1.54) is 0 Å². The molecule has 0 heterocycles. The number of carbonyl (C=O) groups excluding carboxylic acids is 1. The lowest BCUT2D eigenvalue weighted by molar-refractivity contribution is -0.142. The Morgan fingerprint density at radius 3 is 2.57 bits per heavy atom. The Morgan fingerprint density at radius 1 is 1.24 bits per heavy atom. The summed E-state index contributed by atoms with van der Waals surface area (Å²) in [6, 6.07) is 11.6. The van der Waals surface area contributed by atoms with Crippen LogP contribution in [0.4, 0.5) is 0 Å². The van der Waals surface area contributed by atoms with E-state index in [1.807, 2.05) is 36.4 Å². The van der Waals surface area contributed by atoms with Crippen LogP contribution in [0, 0.1) is 23.2 Å². The average molecular weight is 285 g/mol. The second-order valence-electron chi connectivity index (χ2n) is 5.71. The molecule has 0 bridgehead atoms. The molecule has 0 amide bonds. The fourth-order valence-electron chi connectivity index (χ4n) is 3.26. The molecule has 2 rings (SSSR count). The number of hydrogen-bond donors (Lipinski definition) is 1. The van der Waals surface area contributed by atoms with Gasteiger partial charge >= 0.3 is 5.97 Å². The molecule has 1 aromatic carbocycles. The number of carboxylic acid groups (broad SMARTS) is 1. The van der Waals surface area contributed by atoms with Crippen LogP contribution < -0.4 is 0 Å². The van der Waals surface area contributed by atoms with E-state index in [9.17, 15) is 14.7 Å². The van der Waals surface area contributed by atoms with E-state index in [2.05, 4.69) is 0 Å². The maximum Gasteiger partial charge on any atom is 0.307 e. The molecule has 1 N–H and O–H groups in total. The van der Waals surface area contributed by atoms with Gasteiger partial charge in [0, 0.05) is 6.42 Å². The average Bonchev–Trinajstić information content (AvgIpc) is 2.91. The van der Waals surface area contributed by atoms with Gasteiger partial charge in [0.1, 0.15) is 5.78 Å². The molecule has 1 fully saturated rings. The van der Waals surface area contributed by atoms with E-state index < -0.39 is 5.97 Å². The van der Waals surface area contributed by atoms with Crippen molar-refractivity contribution in [1.29, 1.82) is 5.26 Å².